The number of rotatable bonds is 61. The lowest BCUT2D eigenvalue weighted by molar-refractivity contribution is -0.305. The molecule has 0 aromatic rings. The number of hydrogen-bond donors (Lipinski definition) is 6. The highest BCUT2D eigenvalue weighted by molar-refractivity contribution is 5.80. The van der Waals surface area contributed by atoms with Crippen molar-refractivity contribution in [1.82, 2.24) is 5.32 Å². The van der Waals surface area contributed by atoms with Crippen LogP contribution in [0.15, 0.2) is 12.2 Å². The fraction of sp³-hybridized carbons (Fsp3) is 0.942. The first kappa shape index (κ1) is 76.4. The van der Waals surface area contributed by atoms with E-state index in [0.717, 1.165) is 57.8 Å². The molecule has 0 aromatic heterocycles. The summed E-state index contributed by atoms with van der Waals surface area (Å²) in [6.07, 6.45) is 56.9. The van der Waals surface area contributed by atoms with Gasteiger partial charge in [-0.1, -0.05) is 335 Å². The summed E-state index contributed by atoms with van der Waals surface area (Å²) in [7, 11) is 0. The lowest BCUT2D eigenvalue weighted by atomic mass is 9.99. The molecular weight excluding hydrogens is 1000 g/mol. The number of amides is 1. The maximum atomic E-state index is 13.4. The lowest BCUT2D eigenvalue weighted by Gasteiger charge is -2.41. The molecule has 0 bridgehead atoms. The SMILES string of the molecule is CCCCCCCCCCCC/C=C/C(O)C(COC1OC(CO)C(O)C(O)C1OC(=O)CCCCCCCCCCCCCCCCCCCCCCCCCCC)NC(=O)C(O)CCCCCCCCCCCCCCCC. The summed E-state index contributed by atoms with van der Waals surface area (Å²) in [6, 6.07) is -1.02. The van der Waals surface area contributed by atoms with Gasteiger partial charge in [0.2, 0.25) is 5.91 Å². The van der Waals surface area contributed by atoms with E-state index in [4.69, 9.17) is 14.2 Å². The Balaban J connectivity index is 2.53. The van der Waals surface area contributed by atoms with Crippen molar-refractivity contribution in [3.63, 3.8) is 0 Å². The number of nitrogens with one attached hydrogen (secondary N) is 1. The van der Waals surface area contributed by atoms with Crippen molar-refractivity contribution in [1.29, 1.82) is 0 Å². The standard InChI is InChI=1S/C69H133NO10/c1-4-7-10-13-16-19-22-25-27-28-29-30-31-32-33-34-35-36-37-39-42-45-48-51-54-57-64(74)80-67-66(76)65(75)63(58-71)79-69(67)78-59-60(61(72)55-52-49-46-43-40-24-21-18-15-12-9-6-3)70-68(77)62(73)56-53-50-47-44-41-38-26-23-20-17-14-11-8-5-2/h52,55,60-63,65-67,69,71-73,75-76H,4-51,53-54,56-59H2,1-3H3,(H,70,77)/b55-52+. The number of ether oxygens (including phenoxy) is 3. The Morgan fingerprint density at radius 2 is 0.812 bits per heavy atom. The summed E-state index contributed by atoms with van der Waals surface area (Å²) >= 11 is 0. The molecular formula is C69H133NO10. The van der Waals surface area contributed by atoms with E-state index in [1.54, 1.807) is 6.08 Å². The zero-order valence-electron chi connectivity index (χ0n) is 52.7. The van der Waals surface area contributed by atoms with E-state index < -0.39 is 67.4 Å². The second-order valence-corrected chi connectivity index (χ2v) is 24.6. The molecule has 1 fully saturated rings. The molecule has 6 N–H and O–H groups in total. The highest BCUT2D eigenvalue weighted by atomic mass is 16.7. The number of carbonyl (C=O) groups is 2. The van der Waals surface area contributed by atoms with E-state index in [-0.39, 0.29) is 13.0 Å². The third-order valence-electron chi connectivity index (χ3n) is 16.9. The van der Waals surface area contributed by atoms with Gasteiger partial charge in [-0.2, -0.15) is 0 Å². The number of hydrogen-bond acceptors (Lipinski definition) is 10. The van der Waals surface area contributed by atoms with E-state index in [1.807, 2.05) is 6.08 Å². The van der Waals surface area contributed by atoms with Crippen LogP contribution in [0.25, 0.3) is 0 Å². The fourth-order valence-electron chi connectivity index (χ4n) is 11.4. The van der Waals surface area contributed by atoms with E-state index in [0.29, 0.717) is 19.3 Å². The smallest absolute Gasteiger partial charge is 0.306 e. The van der Waals surface area contributed by atoms with Gasteiger partial charge in [0.25, 0.3) is 0 Å². The Morgan fingerprint density at radius 1 is 0.475 bits per heavy atom. The van der Waals surface area contributed by atoms with E-state index in [1.165, 1.54) is 250 Å². The van der Waals surface area contributed by atoms with Crippen molar-refractivity contribution in [2.24, 2.45) is 0 Å². The van der Waals surface area contributed by atoms with Crippen molar-refractivity contribution in [3.8, 4) is 0 Å². The number of carbonyl (C=O) groups excluding carboxylic acids is 2. The summed E-state index contributed by atoms with van der Waals surface area (Å²) in [5, 5.41) is 57.1. The topological polar surface area (TPSA) is 175 Å². The zero-order valence-corrected chi connectivity index (χ0v) is 52.7. The summed E-state index contributed by atoms with van der Waals surface area (Å²) in [6.45, 7) is 5.84. The third-order valence-corrected chi connectivity index (χ3v) is 16.9. The number of allylic oxidation sites excluding steroid dienone is 1. The summed E-state index contributed by atoms with van der Waals surface area (Å²) in [5.41, 5.74) is 0. The Kier molecular flexibility index (Phi) is 55.2. The van der Waals surface area contributed by atoms with Gasteiger partial charge in [-0.15, -0.1) is 0 Å². The number of aliphatic hydroxyl groups is 5. The largest absolute Gasteiger partial charge is 0.454 e. The van der Waals surface area contributed by atoms with E-state index in [2.05, 4.69) is 26.1 Å². The molecule has 11 heteroatoms. The molecule has 474 valence electrons. The first-order chi connectivity index (χ1) is 39.2. The maximum absolute atomic E-state index is 13.4. The van der Waals surface area contributed by atoms with Crippen LogP contribution in [0, 0.1) is 0 Å². The number of esters is 1. The summed E-state index contributed by atoms with van der Waals surface area (Å²) in [5.74, 6) is -1.17. The van der Waals surface area contributed by atoms with Crippen molar-refractivity contribution < 1.29 is 49.3 Å². The van der Waals surface area contributed by atoms with E-state index >= 15 is 0 Å². The van der Waals surface area contributed by atoms with Crippen molar-refractivity contribution in [3.05, 3.63) is 12.2 Å². The van der Waals surface area contributed by atoms with Gasteiger partial charge in [-0.25, -0.2) is 0 Å². The van der Waals surface area contributed by atoms with Gasteiger partial charge >= 0.3 is 5.97 Å². The van der Waals surface area contributed by atoms with Crippen LogP contribution in [0.2, 0.25) is 0 Å². The molecule has 80 heavy (non-hydrogen) atoms. The average molecular weight is 1140 g/mol. The van der Waals surface area contributed by atoms with Gasteiger partial charge in [0.15, 0.2) is 12.4 Å². The van der Waals surface area contributed by atoms with Crippen molar-refractivity contribution >= 4 is 11.9 Å². The molecule has 0 aliphatic carbocycles. The van der Waals surface area contributed by atoms with Crippen LogP contribution in [0.3, 0.4) is 0 Å². The Hall–Kier alpha value is -1.60. The second kappa shape index (κ2) is 57.8. The Bertz CT molecular complexity index is 1350. The van der Waals surface area contributed by atoms with Crippen LogP contribution in [0.4, 0.5) is 0 Å². The van der Waals surface area contributed by atoms with Crippen LogP contribution in [-0.4, -0.2) is 99.6 Å². The molecule has 1 rings (SSSR count). The molecule has 0 aromatic carbocycles. The molecule has 0 radical (unpaired) electrons. The van der Waals surface area contributed by atoms with Crippen LogP contribution < -0.4 is 5.32 Å². The van der Waals surface area contributed by atoms with Gasteiger partial charge in [0.05, 0.1) is 25.4 Å². The molecule has 11 nitrogen and oxygen atoms in total. The van der Waals surface area contributed by atoms with Crippen LogP contribution in [0.5, 0.6) is 0 Å². The molecule has 1 aliphatic heterocycles. The normalized spacial score (nSPS) is 18.7. The highest BCUT2D eigenvalue weighted by Gasteiger charge is 2.47. The maximum Gasteiger partial charge on any atom is 0.306 e. The molecule has 1 aliphatic rings. The van der Waals surface area contributed by atoms with Crippen molar-refractivity contribution in [2.75, 3.05) is 13.2 Å². The van der Waals surface area contributed by atoms with Gasteiger partial charge in [0, 0.05) is 6.42 Å². The van der Waals surface area contributed by atoms with Gasteiger partial charge < -0.3 is 45.1 Å². The molecule has 0 saturated carbocycles. The van der Waals surface area contributed by atoms with Crippen LogP contribution in [0.1, 0.15) is 355 Å². The lowest BCUT2D eigenvalue weighted by Crippen LogP contribution is -2.61. The van der Waals surface area contributed by atoms with E-state index in [9.17, 15) is 35.1 Å². The average Bonchev–Trinajstić information content (AvgIpc) is 3.46. The quantitative estimate of drug-likeness (QED) is 0.0195. The minimum absolute atomic E-state index is 0.132. The molecule has 8 unspecified atom stereocenters. The zero-order chi connectivity index (χ0) is 58.2. The third kappa shape index (κ3) is 44.9. The molecule has 8 atom stereocenters. The molecule has 1 amide bonds. The second-order valence-electron chi connectivity index (χ2n) is 24.6. The predicted octanol–water partition coefficient (Wildman–Crippen LogP) is 17.5. The summed E-state index contributed by atoms with van der Waals surface area (Å²) < 4.78 is 17.7. The van der Waals surface area contributed by atoms with Gasteiger partial charge in [-0.05, 0) is 25.7 Å². The van der Waals surface area contributed by atoms with Crippen LogP contribution >= 0.6 is 0 Å². The highest BCUT2D eigenvalue weighted by Crippen LogP contribution is 2.26. The minimum atomic E-state index is -1.61. The summed E-state index contributed by atoms with van der Waals surface area (Å²) in [4.78, 5) is 26.6. The number of aliphatic hydroxyl groups excluding tert-OH is 5. The van der Waals surface area contributed by atoms with Crippen LogP contribution in [-0.2, 0) is 23.8 Å². The van der Waals surface area contributed by atoms with Gasteiger partial charge in [-0.3, -0.25) is 9.59 Å². The van der Waals surface area contributed by atoms with Gasteiger partial charge in [0.1, 0.15) is 24.4 Å². The minimum Gasteiger partial charge on any atom is -0.454 e. The molecule has 1 heterocycles. The first-order valence-electron chi connectivity index (χ1n) is 35.0. The number of unbranched alkanes of at least 4 members (excludes halogenated alkanes) is 47. The molecule has 0 spiro atoms. The fourth-order valence-corrected chi connectivity index (χ4v) is 11.4. The Morgan fingerprint density at radius 3 is 1.18 bits per heavy atom. The monoisotopic (exact) mass is 1140 g/mol. The molecule has 1 saturated heterocycles. The Labute approximate surface area is 493 Å². The predicted molar refractivity (Wildman–Crippen MR) is 334 cm³/mol. The van der Waals surface area contributed by atoms with Crippen molar-refractivity contribution in [2.45, 2.75) is 404 Å². The first-order valence-corrected chi connectivity index (χ1v) is 35.0.